The SMILES string of the molecule is C=C/C=C(\C=C)C1(CCCC)CC1. The molecule has 13 heavy (non-hydrogen) atoms. The topological polar surface area (TPSA) is 0 Å². The molecule has 0 atom stereocenters. The molecule has 0 aromatic heterocycles. The average Bonchev–Trinajstić information content (AvgIpc) is 2.92. The summed E-state index contributed by atoms with van der Waals surface area (Å²) >= 11 is 0. The van der Waals surface area contributed by atoms with Crippen LogP contribution in [0.2, 0.25) is 0 Å². The van der Waals surface area contributed by atoms with Gasteiger partial charge in [-0.1, -0.05) is 51.2 Å². The van der Waals surface area contributed by atoms with Gasteiger partial charge in [-0.15, -0.1) is 0 Å². The average molecular weight is 176 g/mol. The summed E-state index contributed by atoms with van der Waals surface area (Å²) in [5.41, 5.74) is 1.89. The van der Waals surface area contributed by atoms with Crippen molar-refractivity contribution < 1.29 is 0 Å². The summed E-state index contributed by atoms with van der Waals surface area (Å²) in [4.78, 5) is 0. The van der Waals surface area contributed by atoms with E-state index in [1.807, 2.05) is 12.2 Å². The van der Waals surface area contributed by atoms with Gasteiger partial charge < -0.3 is 0 Å². The molecule has 1 aliphatic rings. The molecule has 1 fully saturated rings. The van der Waals surface area contributed by atoms with E-state index >= 15 is 0 Å². The first-order valence-corrected chi connectivity index (χ1v) is 5.24. The Hall–Kier alpha value is -0.780. The first-order chi connectivity index (χ1) is 6.29. The van der Waals surface area contributed by atoms with Crippen molar-refractivity contribution in [2.24, 2.45) is 5.41 Å². The predicted molar refractivity (Wildman–Crippen MR) is 59.7 cm³/mol. The normalized spacial score (nSPS) is 19.6. The van der Waals surface area contributed by atoms with Gasteiger partial charge in [-0.2, -0.15) is 0 Å². The summed E-state index contributed by atoms with van der Waals surface area (Å²) in [5.74, 6) is 0. The van der Waals surface area contributed by atoms with Crippen LogP contribution in [0.1, 0.15) is 39.0 Å². The number of hydrogen-bond acceptors (Lipinski definition) is 0. The van der Waals surface area contributed by atoms with Gasteiger partial charge in [0.15, 0.2) is 0 Å². The molecular weight excluding hydrogens is 156 g/mol. The minimum absolute atomic E-state index is 0.492. The van der Waals surface area contributed by atoms with Crippen molar-refractivity contribution in [3.05, 3.63) is 37.0 Å². The molecule has 1 saturated carbocycles. The third kappa shape index (κ3) is 2.33. The second kappa shape index (κ2) is 4.45. The number of allylic oxidation sites excluding steroid dienone is 4. The third-order valence-electron chi connectivity index (χ3n) is 2.99. The third-order valence-corrected chi connectivity index (χ3v) is 2.99. The maximum atomic E-state index is 3.88. The summed E-state index contributed by atoms with van der Waals surface area (Å²) in [6, 6.07) is 0. The fourth-order valence-electron chi connectivity index (χ4n) is 1.94. The van der Waals surface area contributed by atoms with Gasteiger partial charge in [-0.05, 0) is 30.3 Å². The van der Waals surface area contributed by atoms with E-state index in [4.69, 9.17) is 0 Å². The van der Waals surface area contributed by atoms with Crippen LogP contribution in [0.15, 0.2) is 37.0 Å². The molecule has 0 N–H and O–H groups in total. The van der Waals surface area contributed by atoms with Crippen molar-refractivity contribution >= 4 is 0 Å². The zero-order valence-corrected chi connectivity index (χ0v) is 8.68. The monoisotopic (exact) mass is 176 g/mol. The fourth-order valence-corrected chi connectivity index (χ4v) is 1.94. The molecule has 0 aromatic carbocycles. The smallest absolute Gasteiger partial charge is 0.00465 e. The largest absolute Gasteiger partial charge is 0.0991 e. The van der Waals surface area contributed by atoms with E-state index in [0.717, 1.165) is 0 Å². The Balaban J connectivity index is 2.61. The summed E-state index contributed by atoms with van der Waals surface area (Å²) in [6.07, 6.45) is 12.7. The molecule has 0 aliphatic heterocycles. The van der Waals surface area contributed by atoms with Crippen molar-refractivity contribution in [1.82, 2.24) is 0 Å². The number of rotatable bonds is 6. The molecule has 0 heteroatoms. The molecule has 0 amide bonds. The molecule has 0 nitrogen and oxygen atoms in total. The van der Waals surface area contributed by atoms with Gasteiger partial charge >= 0.3 is 0 Å². The highest BCUT2D eigenvalue weighted by Gasteiger charge is 2.43. The van der Waals surface area contributed by atoms with Gasteiger partial charge in [-0.25, -0.2) is 0 Å². The first-order valence-electron chi connectivity index (χ1n) is 5.24. The van der Waals surface area contributed by atoms with Crippen LogP contribution >= 0.6 is 0 Å². The van der Waals surface area contributed by atoms with Crippen molar-refractivity contribution in [2.75, 3.05) is 0 Å². The summed E-state index contributed by atoms with van der Waals surface area (Å²) in [6.45, 7) is 9.87. The molecule has 0 unspecified atom stereocenters. The van der Waals surface area contributed by atoms with Crippen molar-refractivity contribution in [2.45, 2.75) is 39.0 Å². The van der Waals surface area contributed by atoms with Crippen LogP contribution in [0.25, 0.3) is 0 Å². The van der Waals surface area contributed by atoms with E-state index in [-0.39, 0.29) is 0 Å². The molecule has 0 aromatic rings. The molecule has 0 bridgehead atoms. The van der Waals surface area contributed by atoms with Gasteiger partial charge in [0.25, 0.3) is 0 Å². The van der Waals surface area contributed by atoms with E-state index < -0.39 is 0 Å². The van der Waals surface area contributed by atoms with Gasteiger partial charge in [0, 0.05) is 0 Å². The van der Waals surface area contributed by atoms with Crippen LogP contribution in [0.3, 0.4) is 0 Å². The molecule has 0 radical (unpaired) electrons. The first kappa shape index (κ1) is 10.3. The van der Waals surface area contributed by atoms with Crippen LogP contribution < -0.4 is 0 Å². The number of unbranched alkanes of at least 4 members (excludes halogenated alkanes) is 1. The van der Waals surface area contributed by atoms with E-state index in [9.17, 15) is 0 Å². The standard InChI is InChI=1S/C13H20/c1-4-7-9-13(10-11-13)12(6-3)8-5-2/h5-6,8H,2-4,7,9-11H2,1H3/b12-8+. The zero-order chi connectivity index (χ0) is 9.73. The highest BCUT2D eigenvalue weighted by atomic mass is 14.5. The molecule has 1 rings (SSSR count). The minimum Gasteiger partial charge on any atom is -0.0991 e. The Morgan fingerprint density at radius 2 is 2.08 bits per heavy atom. The van der Waals surface area contributed by atoms with E-state index in [0.29, 0.717) is 5.41 Å². The number of hydrogen-bond donors (Lipinski definition) is 0. The zero-order valence-electron chi connectivity index (χ0n) is 8.68. The van der Waals surface area contributed by atoms with E-state index in [1.165, 1.54) is 37.7 Å². The van der Waals surface area contributed by atoms with Crippen molar-refractivity contribution in [1.29, 1.82) is 0 Å². The Kier molecular flexibility index (Phi) is 3.53. The van der Waals surface area contributed by atoms with Crippen LogP contribution in [0, 0.1) is 5.41 Å². The Morgan fingerprint density at radius 1 is 1.38 bits per heavy atom. The quantitative estimate of drug-likeness (QED) is 0.531. The fraction of sp³-hybridized carbons (Fsp3) is 0.538. The summed E-state index contributed by atoms with van der Waals surface area (Å²) in [7, 11) is 0. The molecular formula is C13H20. The van der Waals surface area contributed by atoms with Crippen LogP contribution in [-0.4, -0.2) is 0 Å². The second-order valence-electron chi connectivity index (χ2n) is 3.95. The Bertz CT molecular complexity index is 216. The minimum atomic E-state index is 0.492. The molecule has 0 saturated heterocycles. The summed E-state index contributed by atoms with van der Waals surface area (Å²) < 4.78 is 0. The maximum Gasteiger partial charge on any atom is -0.00465 e. The maximum absolute atomic E-state index is 3.88. The van der Waals surface area contributed by atoms with Crippen LogP contribution in [0.4, 0.5) is 0 Å². The van der Waals surface area contributed by atoms with E-state index in [2.05, 4.69) is 26.2 Å². The van der Waals surface area contributed by atoms with Crippen molar-refractivity contribution in [3.63, 3.8) is 0 Å². The lowest BCUT2D eigenvalue weighted by molar-refractivity contribution is 0.526. The Morgan fingerprint density at radius 3 is 2.46 bits per heavy atom. The van der Waals surface area contributed by atoms with Gasteiger partial charge in [-0.3, -0.25) is 0 Å². The van der Waals surface area contributed by atoms with E-state index in [1.54, 1.807) is 0 Å². The van der Waals surface area contributed by atoms with Gasteiger partial charge in [0.2, 0.25) is 0 Å². The highest BCUT2D eigenvalue weighted by molar-refractivity contribution is 5.33. The predicted octanol–water partition coefficient (Wildman–Crippen LogP) is 4.26. The van der Waals surface area contributed by atoms with Crippen LogP contribution in [-0.2, 0) is 0 Å². The lowest BCUT2D eigenvalue weighted by Gasteiger charge is -2.15. The highest BCUT2D eigenvalue weighted by Crippen LogP contribution is 2.55. The second-order valence-corrected chi connectivity index (χ2v) is 3.95. The van der Waals surface area contributed by atoms with Gasteiger partial charge in [0.1, 0.15) is 0 Å². The molecule has 0 heterocycles. The lowest BCUT2D eigenvalue weighted by Crippen LogP contribution is -2.02. The lowest BCUT2D eigenvalue weighted by atomic mass is 9.90. The molecule has 1 aliphatic carbocycles. The van der Waals surface area contributed by atoms with Crippen molar-refractivity contribution in [3.8, 4) is 0 Å². The van der Waals surface area contributed by atoms with Gasteiger partial charge in [0.05, 0.1) is 0 Å². The summed E-state index contributed by atoms with van der Waals surface area (Å²) in [5, 5.41) is 0. The Labute approximate surface area is 82.0 Å². The molecule has 72 valence electrons. The van der Waals surface area contributed by atoms with Crippen LogP contribution in [0.5, 0.6) is 0 Å². The molecule has 0 spiro atoms.